The highest BCUT2D eigenvalue weighted by molar-refractivity contribution is 5.88. The predicted octanol–water partition coefficient (Wildman–Crippen LogP) is 3.20. The first-order chi connectivity index (χ1) is 12.5. The first-order valence-corrected chi connectivity index (χ1v) is 7.68. The van der Waals surface area contributed by atoms with E-state index in [1.807, 2.05) is 0 Å². The summed E-state index contributed by atoms with van der Waals surface area (Å²) in [4.78, 5) is 12.5. The van der Waals surface area contributed by atoms with Crippen LogP contribution in [-0.2, 0) is 0 Å². The minimum Gasteiger partial charge on any atom is -0.502 e. The van der Waals surface area contributed by atoms with E-state index >= 15 is 0 Å². The fourth-order valence-corrected chi connectivity index (χ4v) is 2.75. The van der Waals surface area contributed by atoms with E-state index in [1.165, 1.54) is 28.4 Å². The SMILES string of the molecule is COc1cc(-c2cc3ccc(OC)c(O)c3oc2=O)cc(OC)c1OC. The summed E-state index contributed by atoms with van der Waals surface area (Å²) in [5.41, 5.74) is 0.271. The van der Waals surface area contributed by atoms with Crippen molar-refractivity contribution < 1.29 is 28.5 Å². The third-order valence-corrected chi connectivity index (χ3v) is 4.04. The second-order valence-corrected chi connectivity index (χ2v) is 5.40. The van der Waals surface area contributed by atoms with Crippen LogP contribution in [0.5, 0.6) is 28.7 Å². The smallest absolute Gasteiger partial charge is 0.344 e. The van der Waals surface area contributed by atoms with Crippen molar-refractivity contribution in [3.63, 3.8) is 0 Å². The van der Waals surface area contributed by atoms with E-state index in [9.17, 15) is 9.90 Å². The molecular weight excluding hydrogens is 340 g/mol. The van der Waals surface area contributed by atoms with Gasteiger partial charge in [-0.05, 0) is 35.9 Å². The quantitative estimate of drug-likeness (QED) is 0.701. The maximum Gasteiger partial charge on any atom is 0.344 e. The molecule has 0 saturated heterocycles. The van der Waals surface area contributed by atoms with E-state index in [-0.39, 0.29) is 17.1 Å². The van der Waals surface area contributed by atoms with Crippen molar-refractivity contribution >= 4 is 11.0 Å². The first kappa shape index (κ1) is 17.5. The molecule has 2 aromatic carbocycles. The molecule has 0 amide bonds. The largest absolute Gasteiger partial charge is 0.502 e. The van der Waals surface area contributed by atoms with Crippen molar-refractivity contribution in [3.8, 4) is 39.9 Å². The lowest BCUT2D eigenvalue weighted by Crippen LogP contribution is -2.04. The number of benzene rings is 2. The Morgan fingerprint density at radius 1 is 0.846 bits per heavy atom. The van der Waals surface area contributed by atoms with E-state index in [2.05, 4.69) is 0 Å². The Labute approximate surface area is 149 Å². The average molecular weight is 358 g/mol. The summed E-state index contributed by atoms with van der Waals surface area (Å²) in [5.74, 6) is 1.25. The Morgan fingerprint density at radius 2 is 1.46 bits per heavy atom. The average Bonchev–Trinajstić information content (AvgIpc) is 2.67. The molecule has 0 saturated carbocycles. The first-order valence-electron chi connectivity index (χ1n) is 7.68. The zero-order valence-electron chi connectivity index (χ0n) is 14.8. The van der Waals surface area contributed by atoms with Gasteiger partial charge in [0.25, 0.3) is 0 Å². The molecule has 3 rings (SSSR count). The monoisotopic (exact) mass is 358 g/mol. The lowest BCUT2D eigenvalue weighted by Gasteiger charge is -2.14. The number of phenolic OH excluding ortho intramolecular Hbond substituents is 1. The third-order valence-electron chi connectivity index (χ3n) is 4.04. The number of ether oxygens (including phenoxy) is 4. The van der Waals surface area contributed by atoms with Gasteiger partial charge >= 0.3 is 5.63 Å². The summed E-state index contributed by atoms with van der Waals surface area (Å²) >= 11 is 0. The molecule has 0 aliphatic heterocycles. The second kappa shape index (κ2) is 6.87. The van der Waals surface area contributed by atoms with Crippen molar-refractivity contribution in [1.82, 2.24) is 0 Å². The molecule has 0 aliphatic carbocycles. The van der Waals surface area contributed by atoms with Gasteiger partial charge in [-0.1, -0.05) is 0 Å². The van der Waals surface area contributed by atoms with Gasteiger partial charge in [0, 0.05) is 5.39 Å². The summed E-state index contributed by atoms with van der Waals surface area (Å²) in [6.45, 7) is 0. The van der Waals surface area contributed by atoms with Gasteiger partial charge in [0.05, 0.1) is 34.0 Å². The molecule has 0 radical (unpaired) electrons. The van der Waals surface area contributed by atoms with Crippen LogP contribution < -0.4 is 24.6 Å². The number of rotatable bonds is 5. The highest BCUT2D eigenvalue weighted by Gasteiger charge is 2.18. The lowest BCUT2D eigenvalue weighted by molar-refractivity contribution is 0.324. The molecular formula is C19H18O7. The van der Waals surface area contributed by atoms with Crippen LogP contribution in [0.4, 0.5) is 0 Å². The van der Waals surface area contributed by atoms with Crippen molar-refractivity contribution in [2.24, 2.45) is 0 Å². The van der Waals surface area contributed by atoms with Gasteiger partial charge < -0.3 is 28.5 Å². The molecule has 1 N–H and O–H groups in total. The van der Waals surface area contributed by atoms with Crippen molar-refractivity contribution in [2.45, 2.75) is 0 Å². The molecule has 0 unspecified atom stereocenters. The minimum atomic E-state index is -0.615. The van der Waals surface area contributed by atoms with Crippen LogP contribution in [0.25, 0.3) is 22.1 Å². The molecule has 1 heterocycles. The Morgan fingerprint density at radius 3 is 2.00 bits per heavy atom. The number of methoxy groups -OCH3 is 4. The summed E-state index contributed by atoms with van der Waals surface area (Å²) in [6, 6.07) is 8.22. The minimum absolute atomic E-state index is 0.0607. The van der Waals surface area contributed by atoms with E-state index in [0.717, 1.165) is 0 Å². The fourth-order valence-electron chi connectivity index (χ4n) is 2.75. The van der Waals surface area contributed by atoms with E-state index in [0.29, 0.717) is 33.8 Å². The Balaban J connectivity index is 2.26. The Hall–Kier alpha value is -3.35. The summed E-state index contributed by atoms with van der Waals surface area (Å²) < 4.78 is 26.3. The van der Waals surface area contributed by atoms with Gasteiger partial charge in [0.15, 0.2) is 22.8 Å². The molecule has 7 nitrogen and oxygen atoms in total. The zero-order chi connectivity index (χ0) is 18.8. The van der Waals surface area contributed by atoms with Crippen molar-refractivity contribution in [3.05, 3.63) is 40.8 Å². The zero-order valence-corrected chi connectivity index (χ0v) is 14.8. The number of hydrogen-bond donors (Lipinski definition) is 1. The predicted molar refractivity (Wildman–Crippen MR) is 95.8 cm³/mol. The number of phenols is 1. The van der Waals surface area contributed by atoms with Crippen LogP contribution in [0.15, 0.2) is 39.5 Å². The van der Waals surface area contributed by atoms with Crippen LogP contribution in [0.3, 0.4) is 0 Å². The lowest BCUT2D eigenvalue weighted by atomic mass is 10.0. The van der Waals surface area contributed by atoms with Gasteiger partial charge in [-0.15, -0.1) is 0 Å². The van der Waals surface area contributed by atoms with Gasteiger partial charge in [-0.2, -0.15) is 0 Å². The van der Waals surface area contributed by atoms with Gasteiger partial charge in [-0.3, -0.25) is 0 Å². The van der Waals surface area contributed by atoms with Crippen LogP contribution in [0.1, 0.15) is 0 Å². The number of aromatic hydroxyl groups is 1. The van der Waals surface area contributed by atoms with Crippen LogP contribution >= 0.6 is 0 Å². The highest BCUT2D eigenvalue weighted by atomic mass is 16.5. The summed E-state index contributed by atoms with van der Waals surface area (Å²) in [7, 11) is 5.91. The molecule has 0 bridgehead atoms. The fraction of sp³-hybridized carbons (Fsp3) is 0.211. The third kappa shape index (κ3) is 2.77. The van der Waals surface area contributed by atoms with Crippen LogP contribution in [0.2, 0.25) is 0 Å². The van der Waals surface area contributed by atoms with E-state index < -0.39 is 5.63 Å². The Bertz CT molecular complexity index is 995. The summed E-state index contributed by atoms with van der Waals surface area (Å²) in [6.07, 6.45) is 0. The molecule has 7 heteroatoms. The van der Waals surface area contributed by atoms with E-state index in [1.54, 1.807) is 30.3 Å². The highest BCUT2D eigenvalue weighted by Crippen LogP contribution is 2.41. The maximum atomic E-state index is 12.5. The molecule has 26 heavy (non-hydrogen) atoms. The van der Waals surface area contributed by atoms with Gasteiger partial charge in [-0.25, -0.2) is 4.79 Å². The summed E-state index contributed by atoms with van der Waals surface area (Å²) in [5, 5.41) is 10.7. The van der Waals surface area contributed by atoms with Crippen LogP contribution in [-0.4, -0.2) is 33.5 Å². The second-order valence-electron chi connectivity index (χ2n) is 5.40. The molecule has 0 atom stereocenters. The Kier molecular flexibility index (Phi) is 4.62. The molecule has 1 aromatic heterocycles. The van der Waals surface area contributed by atoms with Crippen molar-refractivity contribution in [2.75, 3.05) is 28.4 Å². The molecule has 136 valence electrons. The van der Waals surface area contributed by atoms with Gasteiger partial charge in [0.1, 0.15) is 0 Å². The molecule has 0 fully saturated rings. The molecule has 0 aliphatic rings. The molecule has 3 aromatic rings. The number of fused-ring (bicyclic) bond motifs is 1. The van der Waals surface area contributed by atoms with Crippen LogP contribution in [0, 0.1) is 0 Å². The maximum absolute atomic E-state index is 12.5. The topological polar surface area (TPSA) is 87.4 Å². The van der Waals surface area contributed by atoms with Crippen molar-refractivity contribution in [1.29, 1.82) is 0 Å². The normalized spacial score (nSPS) is 10.6. The molecule has 0 spiro atoms. The standard InChI is InChI=1S/C19H18O7/c1-22-13-6-5-10-7-12(19(21)26-17(10)16(13)20)11-8-14(23-2)18(25-4)15(9-11)24-3/h5-9,20H,1-4H3. The van der Waals surface area contributed by atoms with Gasteiger partial charge in [0.2, 0.25) is 11.5 Å². The number of hydrogen-bond acceptors (Lipinski definition) is 7. The van der Waals surface area contributed by atoms with E-state index in [4.69, 9.17) is 23.4 Å².